The van der Waals surface area contributed by atoms with Crippen molar-refractivity contribution >= 4 is 0 Å². The van der Waals surface area contributed by atoms with Gasteiger partial charge >= 0.3 is 0 Å². The van der Waals surface area contributed by atoms with Crippen molar-refractivity contribution in [3.05, 3.63) is 0 Å². The highest BCUT2D eigenvalue weighted by Gasteiger charge is 2.50. The molecule has 2 N–H and O–H groups in total. The van der Waals surface area contributed by atoms with Gasteiger partial charge in [0.2, 0.25) is 0 Å². The summed E-state index contributed by atoms with van der Waals surface area (Å²) in [6.07, 6.45) is 5.00. The van der Waals surface area contributed by atoms with Crippen molar-refractivity contribution in [2.24, 2.45) is 5.41 Å². The Balaban J connectivity index is 2.21. The highest BCUT2D eigenvalue weighted by atomic mass is 16.3. The maximum atomic E-state index is 9.97. The lowest BCUT2D eigenvalue weighted by Crippen LogP contribution is -2.65. The van der Waals surface area contributed by atoms with Crippen molar-refractivity contribution < 1.29 is 5.11 Å². The lowest BCUT2D eigenvalue weighted by Gasteiger charge is -2.56. The van der Waals surface area contributed by atoms with Crippen LogP contribution >= 0.6 is 0 Å². The first kappa shape index (κ1) is 12.3. The fourth-order valence-corrected chi connectivity index (χ4v) is 3.63. The first-order chi connectivity index (χ1) is 7.62. The summed E-state index contributed by atoms with van der Waals surface area (Å²) in [5.41, 5.74) is 0.282. The molecule has 94 valence electrons. The predicted molar refractivity (Wildman–Crippen MR) is 66.5 cm³/mol. The summed E-state index contributed by atoms with van der Waals surface area (Å²) >= 11 is 0. The molecule has 1 saturated heterocycles. The molecular formula is C13H26N2O. The normalized spacial score (nSPS) is 36.2. The van der Waals surface area contributed by atoms with Gasteiger partial charge in [0, 0.05) is 31.7 Å². The molecule has 2 fully saturated rings. The second-order valence-electron chi connectivity index (χ2n) is 6.02. The van der Waals surface area contributed by atoms with Crippen molar-refractivity contribution in [3.8, 4) is 0 Å². The van der Waals surface area contributed by atoms with Crippen LogP contribution in [-0.4, -0.2) is 48.3 Å². The van der Waals surface area contributed by atoms with Gasteiger partial charge in [-0.2, -0.15) is 0 Å². The first-order valence-corrected chi connectivity index (χ1v) is 6.69. The molecule has 3 nitrogen and oxygen atoms in total. The predicted octanol–water partition coefficient (Wildman–Crippen LogP) is 1.22. The van der Waals surface area contributed by atoms with Crippen molar-refractivity contribution in [3.63, 3.8) is 0 Å². The van der Waals surface area contributed by atoms with Crippen LogP contribution in [0.4, 0.5) is 0 Å². The smallest absolute Gasteiger partial charge is 0.0620 e. The summed E-state index contributed by atoms with van der Waals surface area (Å²) in [4.78, 5) is 2.54. The van der Waals surface area contributed by atoms with E-state index in [1.165, 1.54) is 19.3 Å². The monoisotopic (exact) mass is 226 g/mol. The topological polar surface area (TPSA) is 35.5 Å². The van der Waals surface area contributed by atoms with E-state index in [1.54, 1.807) is 0 Å². The highest BCUT2D eigenvalue weighted by Crippen LogP contribution is 2.47. The summed E-state index contributed by atoms with van der Waals surface area (Å²) in [6.45, 7) is 9.30. The number of piperazine rings is 1. The zero-order chi connectivity index (χ0) is 11.6. The van der Waals surface area contributed by atoms with E-state index in [-0.39, 0.29) is 11.0 Å². The number of aliphatic hydroxyl groups is 1. The van der Waals surface area contributed by atoms with Gasteiger partial charge in [0.05, 0.1) is 6.61 Å². The van der Waals surface area contributed by atoms with E-state index < -0.39 is 0 Å². The minimum absolute atomic E-state index is 0.0351. The quantitative estimate of drug-likeness (QED) is 0.743. The maximum absolute atomic E-state index is 9.97. The van der Waals surface area contributed by atoms with Crippen LogP contribution in [0.3, 0.4) is 0 Å². The van der Waals surface area contributed by atoms with Crippen molar-refractivity contribution in [1.82, 2.24) is 10.2 Å². The third kappa shape index (κ3) is 1.89. The van der Waals surface area contributed by atoms with Crippen LogP contribution in [0.1, 0.15) is 39.5 Å². The summed E-state index contributed by atoms with van der Waals surface area (Å²) < 4.78 is 0. The van der Waals surface area contributed by atoms with E-state index in [9.17, 15) is 5.11 Å². The molecule has 0 bridgehead atoms. The van der Waals surface area contributed by atoms with Gasteiger partial charge in [-0.15, -0.1) is 0 Å². The minimum Gasteiger partial charge on any atom is -0.394 e. The first-order valence-electron chi connectivity index (χ1n) is 6.69. The Labute approximate surface area is 99.2 Å². The van der Waals surface area contributed by atoms with Crippen molar-refractivity contribution in [1.29, 1.82) is 0 Å². The molecule has 1 saturated carbocycles. The van der Waals surface area contributed by atoms with Crippen molar-refractivity contribution in [2.75, 3.05) is 32.8 Å². The molecule has 0 aromatic carbocycles. The Morgan fingerprint density at radius 2 is 1.75 bits per heavy atom. The molecular weight excluding hydrogens is 200 g/mol. The number of aliphatic hydroxyl groups excluding tert-OH is 1. The standard InChI is InChI=1S/C13H26N2O/c1-12(2)5-3-4-6-13(12,11-16)15-9-7-14-8-10-15/h14,16H,3-11H2,1-2H3. The van der Waals surface area contributed by atoms with E-state index in [2.05, 4.69) is 24.1 Å². The number of hydrogen-bond acceptors (Lipinski definition) is 3. The SMILES string of the molecule is CC1(C)CCCCC1(CO)N1CCNCC1. The zero-order valence-electron chi connectivity index (χ0n) is 10.8. The average molecular weight is 226 g/mol. The average Bonchev–Trinajstić information content (AvgIpc) is 2.30. The fourth-order valence-electron chi connectivity index (χ4n) is 3.63. The van der Waals surface area contributed by atoms with Gasteiger partial charge in [-0.3, -0.25) is 4.90 Å². The van der Waals surface area contributed by atoms with Crippen LogP contribution in [0.5, 0.6) is 0 Å². The third-order valence-electron chi connectivity index (χ3n) is 4.89. The van der Waals surface area contributed by atoms with Gasteiger partial charge in [-0.05, 0) is 18.3 Å². The number of hydrogen-bond donors (Lipinski definition) is 2. The lowest BCUT2D eigenvalue weighted by molar-refractivity contribution is -0.0877. The molecule has 0 aromatic rings. The number of rotatable bonds is 2. The Morgan fingerprint density at radius 3 is 2.31 bits per heavy atom. The Bertz CT molecular complexity index is 236. The molecule has 0 aromatic heterocycles. The molecule has 2 rings (SSSR count). The van der Waals surface area contributed by atoms with Crippen LogP contribution in [0.25, 0.3) is 0 Å². The molecule has 0 amide bonds. The largest absolute Gasteiger partial charge is 0.394 e. The molecule has 1 unspecified atom stereocenters. The van der Waals surface area contributed by atoms with E-state index in [0.717, 1.165) is 32.6 Å². The zero-order valence-corrected chi connectivity index (χ0v) is 10.8. The summed E-state index contributed by atoms with van der Waals surface area (Å²) in [7, 11) is 0. The van der Waals surface area contributed by atoms with E-state index >= 15 is 0 Å². The van der Waals surface area contributed by atoms with Gasteiger partial charge in [0.1, 0.15) is 0 Å². The van der Waals surface area contributed by atoms with Gasteiger partial charge in [0.15, 0.2) is 0 Å². The number of nitrogens with zero attached hydrogens (tertiary/aromatic N) is 1. The van der Waals surface area contributed by atoms with Gasteiger partial charge in [-0.25, -0.2) is 0 Å². The van der Waals surface area contributed by atoms with Gasteiger partial charge < -0.3 is 10.4 Å². The fraction of sp³-hybridized carbons (Fsp3) is 1.00. The molecule has 0 spiro atoms. The summed E-state index contributed by atoms with van der Waals surface area (Å²) in [6, 6.07) is 0. The van der Waals surface area contributed by atoms with Crippen LogP contribution in [0, 0.1) is 5.41 Å². The molecule has 1 aliphatic heterocycles. The van der Waals surface area contributed by atoms with Crippen LogP contribution in [-0.2, 0) is 0 Å². The summed E-state index contributed by atoms with van der Waals surface area (Å²) in [5, 5.41) is 13.4. The molecule has 1 aliphatic carbocycles. The molecule has 1 heterocycles. The second kappa shape index (κ2) is 4.63. The van der Waals surface area contributed by atoms with Crippen LogP contribution in [0.15, 0.2) is 0 Å². The Morgan fingerprint density at radius 1 is 1.12 bits per heavy atom. The molecule has 16 heavy (non-hydrogen) atoms. The van der Waals surface area contributed by atoms with Crippen molar-refractivity contribution in [2.45, 2.75) is 45.1 Å². The van der Waals surface area contributed by atoms with E-state index in [4.69, 9.17) is 0 Å². The Kier molecular flexibility index (Phi) is 3.57. The van der Waals surface area contributed by atoms with E-state index in [0.29, 0.717) is 6.61 Å². The third-order valence-corrected chi connectivity index (χ3v) is 4.89. The summed E-state index contributed by atoms with van der Waals surface area (Å²) in [5.74, 6) is 0. The second-order valence-corrected chi connectivity index (χ2v) is 6.02. The van der Waals surface area contributed by atoms with Gasteiger partial charge in [0.25, 0.3) is 0 Å². The molecule has 3 heteroatoms. The van der Waals surface area contributed by atoms with Crippen LogP contribution in [0.2, 0.25) is 0 Å². The Hall–Kier alpha value is -0.120. The lowest BCUT2D eigenvalue weighted by atomic mass is 9.62. The number of nitrogens with one attached hydrogen (secondary N) is 1. The molecule has 2 aliphatic rings. The van der Waals surface area contributed by atoms with E-state index in [1.807, 2.05) is 0 Å². The van der Waals surface area contributed by atoms with Gasteiger partial charge in [-0.1, -0.05) is 26.7 Å². The molecule has 1 atom stereocenters. The van der Waals surface area contributed by atoms with Crippen LogP contribution < -0.4 is 5.32 Å². The highest BCUT2D eigenvalue weighted by molar-refractivity contribution is 5.04. The molecule has 0 radical (unpaired) electrons. The minimum atomic E-state index is 0.0351. The maximum Gasteiger partial charge on any atom is 0.0620 e.